The highest BCUT2D eigenvalue weighted by Crippen LogP contribution is 2.46. The molecule has 0 spiro atoms. The van der Waals surface area contributed by atoms with Gasteiger partial charge >= 0.3 is 0 Å². The summed E-state index contributed by atoms with van der Waals surface area (Å²) in [5, 5.41) is 0. The molecule has 12 atom stereocenters. The molecule has 0 radical (unpaired) electrons. The van der Waals surface area contributed by atoms with E-state index >= 15 is 0 Å². The zero-order valence-electron chi connectivity index (χ0n) is 23.8. The summed E-state index contributed by atoms with van der Waals surface area (Å²) < 4.78 is 26.8. The van der Waals surface area contributed by atoms with Gasteiger partial charge in [-0.2, -0.15) is 0 Å². The first-order chi connectivity index (χ1) is 15.5. The molecule has 2 aliphatic rings. The van der Waals surface area contributed by atoms with Crippen molar-refractivity contribution in [1.29, 1.82) is 0 Å². The molecular formula is C29H56O4. The molecule has 2 fully saturated rings. The Kier molecular flexibility index (Phi) is 11.2. The zero-order valence-corrected chi connectivity index (χ0v) is 23.8. The fraction of sp³-hybridized carbons (Fsp3) is 1.00. The fourth-order valence-corrected chi connectivity index (χ4v) is 6.66. The lowest BCUT2D eigenvalue weighted by Crippen LogP contribution is -2.58. The highest BCUT2D eigenvalue weighted by atomic mass is 16.7. The van der Waals surface area contributed by atoms with Crippen molar-refractivity contribution in [3.8, 4) is 0 Å². The summed E-state index contributed by atoms with van der Waals surface area (Å²) in [5.41, 5.74) is 0. The summed E-state index contributed by atoms with van der Waals surface area (Å²) in [5.74, 6) is 3.69. The molecule has 2 heterocycles. The Morgan fingerprint density at radius 3 is 1.85 bits per heavy atom. The number of hydrogen-bond acceptors (Lipinski definition) is 4. The van der Waals surface area contributed by atoms with Crippen molar-refractivity contribution in [1.82, 2.24) is 0 Å². The Labute approximate surface area is 205 Å². The minimum absolute atomic E-state index is 0.00571. The van der Waals surface area contributed by atoms with E-state index in [0.717, 1.165) is 12.8 Å². The second-order valence-corrected chi connectivity index (χ2v) is 12.0. The van der Waals surface area contributed by atoms with Crippen LogP contribution >= 0.6 is 0 Å². The standard InChI is InChI=1S/C29H56O4/c1-13-18(8)25-21(11)24(16(4)5)29(31-22(25)12)33-27-20(10)23(15-3)28(30-19(9)14-2)32-26(27)17(6)7/h16-29H,13-15H2,1-12H3. The summed E-state index contributed by atoms with van der Waals surface area (Å²) in [6.07, 6.45) is 3.29. The Bertz CT molecular complexity index is 564. The van der Waals surface area contributed by atoms with Crippen LogP contribution in [-0.4, -0.2) is 37.0 Å². The maximum absolute atomic E-state index is 7.00. The normalized spacial score (nSPS) is 42.0. The molecule has 2 aliphatic heterocycles. The van der Waals surface area contributed by atoms with Gasteiger partial charge in [0.25, 0.3) is 0 Å². The molecule has 4 nitrogen and oxygen atoms in total. The Morgan fingerprint density at radius 1 is 0.727 bits per heavy atom. The Hall–Kier alpha value is -0.160. The molecule has 0 aliphatic carbocycles. The summed E-state index contributed by atoms with van der Waals surface area (Å²) in [4.78, 5) is 0. The van der Waals surface area contributed by atoms with Gasteiger partial charge in [0.15, 0.2) is 12.6 Å². The first-order valence-electron chi connectivity index (χ1n) is 14.1. The highest BCUT2D eigenvalue weighted by molar-refractivity contribution is 4.93. The fourth-order valence-electron chi connectivity index (χ4n) is 6.66. The molecule has 12 unspecified atom stereocenters. The lowest BCUT2D eigenvalue weighted by atomic mass is 9.68. The predicted octanol–water partition coefficient (Wildman–Crippen LogP) is 7.55. The lowest BCUT2D eigenvalue weighted by molar-refractivity contribution is -0.339. The van der Waals surface area contributed by atoms with E-state index in [2.05, 4.69) is 83.1 Å². The summed E-state index contributed by atoms with van der Waals surface area (Å²) >= 11 is 0. The van der Waals surface area contributed by atoms with Gasteiger partial charge in [0.2, 0.25) is 0 Å². The molecule has 4 heteroatoms. The van der Waals surface area contributed by atoms with E-state index in [1.54, 1.807) is 0 Å². The maximum atomic E-state index is 7.00. The summed E-state index contributed by atoms with van der Waals surface area (Å²) in [6, 6.07) is 0. The molecule has 0 N–H and O–H groups in total. The average Bonchev–Trinajstić information content (AvgIpc) is 2.74. The van der Waals surface area contributed by atoms with Gasteiger partial charge in [-0.3, -0.25) is 0 Å². The predicted molar refractivity (Wildman–Crippen MR) is 137 cm³/mol. The third-order valence-electron chi connectivity index (χ3n) is 9.01. The quantitative estimate of drug-likeness (QED) is 0.332. The number of hydrogen-bond donors (Lipinski definition) is 0. The van der Waals surface area contributed by atoms with Gasteiger partial charge in [-0.25, -0.2) is 0 Å². The third-order valence-corrected chi connectivity index (χ3v) is 9.01. The van der Waals surface area contributed by atoms with Crippen LogP contribution in [0.5, 0.6) is 0 Å². The van der Waals surface area contributed by atoms with E-state index in [1.165, 1.54) is 6.42 Å². The molecule has 196 valence electrons. The molecule has 0 aromatic rings. The summed E-state index contributed by atoms with van der Waals surface area (Å²) in [7, 11) is 0. The van der Waals surface area contributed by atoms with Crippen molar-refractivity contribution in [2.75, 3.05) is 0 Å². The molecule has 0 aromatic carbocycles. The lowest BCUT2D eigenvalue weighted by Gasteiger charge is -2.52. The van der Waals surface area contributed by atoms with E-state index < -0.39 is 0 Å². The van der Waals surface area contributed by atoms with Crippen molar-refractivity contribution in [2.24, 2.45) is 47.3 Å². The van der Waals surface area contributed by atoms with Crippen LogP contribution in [0, 0.1) is 47.3 Å². The molecule has 0 saturated carbocycles. The van der Waals surface area contributed by atoms with Crippen LogP contribution in [0.25, 0.3) is 0 Å². The van der Waals surface area contributed by atoms with Crippen LogP contribution in [0.1, 0.15) is 102 Å². The van der Waals surface area contributed by atoms with Crippen molar-refractivity contribution >= 4 is 0 Å². The van der Waals surface area contributed by atoms with Gasteiger partial charge in [0.1, 0.15) is 0 Å². The SMILES string of the molecule is CCC(C)OC1OC(C(C)C)C(OC2OC(C)C(C(C)CC)C(C)C2C(C)C)C(C)C1CC. The van der Waals surface area contributed by atoms with Gasteiger partial charge in [-0.1, -0.05) is 75.7 Å². The first kappa shape index (κ1) is 29.1. The van der Waals surface area contributed by atoms with E-state index in [9.17, 15) is 0 Å². The zero-order chi connectivity index (χ0) is 25.0. The van der Waals surface area contributed by atoms with E-state index in [-0.39, 0.29) is 37.0 Å². The Balaban J connectivity index is 2.30. The molecule has 0 amide bonds. The smallest absolute Gasteiger partial charge is 0.161 e. The van der Waals surface area contributed by atoms with Crippen molar-refractivity contribution in [3.05, 3.63) is 0 Å². The molecule has 2 saturated heterocycles. The maximum Gasteiger partial charge on any atom is 0.161 e. The minimum atomic E-state index is -0.183. The third kappa shape index (κ3) is 6.54. The molecule has 0 bridgehead atoms. The van der Waals surface area contributed by atoms with Crippen LogP contribution in [0.15, 0.2) is 0 Å². The minimum Gasteiger partial charge on any atom is -0.349 e. The molecule has 33 heavy (non-hydrogen) atoms. The van der Waals surface area contributed by atoms with Crippen LogP contribution in [-0.2, 0) is 18.9 Å². The van der Waals surface area contributed by atoms with Gasteiger partial charge in [0.05, 0.1) is 24.4 Å². The monoisotopic (exact) mass is 468 g/mol. The molecule has 0 aromatic heterocycles. The van der Waals surface area contributed by atoms with Crippen molar-refractivity contribution < 1.29 is 18.9 Å². The highest BCUT2D eigenvalue weighted by Gasteiger charge is 2.50. The van der Waals surface area contributed by atoms with E-state index in [1.807, 2.05) is 0 Å². The van der Waals surface area contributed by atoms with Crippen LogP contribution < -0.4 is 0 Å². The molecular weight excluding hydrogens is 412 g/mol. The van der Waals surface area contributed by atoms with Crippen molar-refractivity contribution in [3.63, 3.8) is 0 Å². The van der Waals surface area contributed by atoms with Crippen molar-refractivity contribution in [2.45, 2.75) is 139 Å². The van der Waals surface area contributed by atoms with Gasteiger partial charge in [0, 0.05) is 11.8 Å². The second kappa shape index (κ2) is 12.7. The van der Waals surface area contributed by atoms with Gasteiger partial charge in [-0.15, -0.1) is 0 Å². The first-order valence-corrected chi connectivity index (χ1v) is 14.1. The number of rotatable bonds is 10. The van der Waals surface area contributed by atoms with Crippen LogP contribution in [0.3, 0.4) is 0 Å². The largest absolute Gasteiger partial charge is 0.349 e. The summed E-state index contributed by atoms with van der Waals surface area (Å²) in [6.45, 7) is 27.4. The van der Waals surface area contributed by atoms with Crippen LogP contribution in [0.4, 0.5) is 0 Å². The topological polar surface area (TPSA) is 36.9 Å². The molecule has 2 rings (SSSR count). The van der Waals surface area contributed by atoms with Gasteiger partial charge in [-0.05, 0) is 62.2 Å². The van der Waals surface area contributed by atoms with Gasteiger partial charge < -0.3 is 18.9 Å². The van der Waals surface area contributed by atoms with E-state index in [4.69, 9.17) is 18.9 Å². The Morgan fingerprint density at radius 2 is 1.36 bits per heavy atom. The van der Waals surface area contributed by atoms with Crippen LogP contribution in [0.2, 0.25) is 0 Å². The second-order valence-electron chi connectivity index (χ2n) is 12.0. The number of ether oxygens (including phenoxy) is 4. The average molecular weight is 469 g/mol. The van der Waals surface area contributed by atoms with E-state index in [0.29, 0.717) is 47.3 Å².